The lowest BCUT2D eigenvalue weighted by molar-refractivity contribution is -0.121. The van der Waals surface area contributed by atoms with Crippen molar-refractivity contribution in [2.45, 2.75) is 24.7 Å². The van der Waals surface area contributed by atoms with Crippen LogP contribution in [-0.2, 0) is 9.59 Å². The van der Waals surface area contributed by atoms with E-state index < -0.39 is 11.8 Å². The van der Waals surface area contributed by atoms with E-state index in [-0.39, 0.29) is 24.7 Å². The maximum absolute atomic E-state index is 12.4. The molecule has 0 radical (unpaired) electrons. The highest BCUT2D eigenvalue weighted by atomic mass is 35.5. The molecule has 2 aromatic carbocycles. The molecule has 2 aliphatic rings. The van der Waals surface area contributed by atoms with E-state index in [1.54, 1.807) is 24.3 Å². The fraction of sp³-hybridized carbons (Fsp3) is 0.200. The second-order valence-corrected chi connectivity index (χ2v) is 10.9. The molecule has 0 spiro atoms. The van der Waals surface area contributed by atoms with Crippen LogP contribution in [0.1, 0.15) is 35.8 Å². The second kappa shape index (κ2) is 11.2. The van der Waals surface area contributed by atoms with Gasteiger partial charge in [0.1, 0.15) is 0 Å². The number of nitrogens with zero attached hydrogens (tertiary/aromatic N) is 2. The largest absolute Gasteiger partial charge is 0.320 e. The molecule has 0 saturated carbocycles. The summed E-state index contributed by atoms with van der Waals surface area (Å²) in [6.07, 6.45) is 0.256. The first-order chi connectivity index (χ1) is 16.9. The Labute approximate surface area is 221 Å². The van der Waals surface area contributed by atoms with Crippen LogP contribution in [0.5, 0.6) is 0 Å². The molecule has 35 heavy (non-hydrogen) atoms. The molecule has 2 heterocycles. The summed E-state index contributed by atoms with van der Waals surface area (Å²) in [7, 11) is 0. The smallest absolute Gasteiger partial charge is 0.225 e. The Morgan fingerprint density at radius 2 is 1.17 bits per heavy atom. The van der Waals surface area contributed by atoms with Crippen LogP contribution in [-0.4, -0.2) is 16.9 Å². The highest BCUT2D eigenvalue weighted by Crippen LogP contribution is 2.42. The molecular formula is C25H18Cl2N4O2S2. The summed E-state index contributed by atoms with van der Waals surface area (Å²) in [6, 6.07) is 18.8. The molecule has 0 aromatic heterocycles. The van der Waals surface area contributed by atoms with Gasteiger partial charge in [-0.25, -0.2) is 0 Å². The number of rotatable bonds is 6. The molecule has 0 fully saturated rings. The lowest BCUT2D eigenvalue weighted by atomic mass is 9.87. The van der Waals surface area contributed by atoms with Crippen molar-refractivity contribution < 1.29 is 9.59 Å². The molecule has 0 aliphatic carbocycles. The highest BCUT2D eigenvalue weighted by Gasteiger charge is 2.32. The molecule has 176 valence electrons. The van der Waals surface area contributed by atoms with Gasteiger partial charge in [-0.1, -0.05) is 83.1 Å². The average molecular weight is 541 g/mol. The minimum atomic E-state index is -0.442. The molecule has 2 N–H and O–H groups in total. The third-order valence-electron chi connectivity index (χ3n) is 5.68. The summed E-state index contributed by atoms with van der Waals surface area (Å²) >= 11 is 15.2. The van der Waals surface area contributed by atoms with Gasteiger partial charge in [-0.05, 0) is 23.3 Å². The Morgan fingerprint density at radius 3 is 1.54 bits per heavy atom. The zero-order chi connectivity index (χ0) is 24.9. The molecule has 6 nitrogen and oxygen atoms in total. The van der Waals surface area contributed by atoms with Crippen molar-refractivity contribution in [2.75, 3.05) is 5.08 Å². The van der Waals surface area contributed by atoms with E-state index in [2.05, 4.69) is 22.8 Å². The fourth-order valence-corrected chi connectivity index (χ4v) is 6.83. The van der Waals surface area contributed by atoms with Gasteiger partial charge in [0.05, 0.1) is 38.4 Å². The predicted octanol–water partition coefficient (Wildman–Crippen LogP) is 5.79. The van der Waals surface area contributed by atoms with Gasteiger partial charge >= 0.3 is 0 Å². The van der Waals surface area contributed by atoms with Crippen LogP contribution in [0.4, 0.5) is 0 Å². The quantitative estimate of drug-likeness (QED) is 0.448. The van der Waals surface area contributed by atoms with Crippen molar-refractivity contribution in [3.63, 3.8) is 0 Å². The topological polar surface area (TPSA) is 106 Å². The van der Waals surface area contributed by atoms with Gasteiger partial charge in [0, 0.05) is 34.7 Å². The number of halogens is 2. The molecule has 4 rings (SSSR count). The number of nitrogens with one attached hydrogen (secondary N) is 2. The first kappa shape index (κ1) is 25.2. The standard InChI is InChI=1S/C25H18Cl2N4O2S2/c26-20-7-3-1-5-14(20)16-9-22(32)30-24(18(16)11-28)34-13-35-25-19(12-29)17(10-23(33)31-25)15-6-2-4-8-21(15)27/h1-8,16-17H,9-10,13H2,(H,30,32)(H,31,33)/t16-,17+. The fourth-order valence-electron chi connectivity index (χ4n) is 4.06. The first-order valence-corrected chi connectivity index (χ1v) is 13.3. The van der Waals surface area contributed by atoms with Crippen LogP contribution < -0.4 is 10.6 Å². The van der Waals surface area contributed by atoms with E-state index in [0.29, 0.717) is 36.3 Å². The van der Waals surface area contributed by atoms with Crippen molar-refractivity contribution in [3.8, 4) is 12.1 Å². The maximum atomic E-state index is 12.4. The van der Waals surface area contributed by atoms with Crippen molar-refractivity contribution in [3.05, 3.63) is 90.9 Å². The monoisotopic (exact) mass is 540 g/mol. The van der Waals surface area contributed by atoms with E-state index in [1.165, 1.54) is 23.5 Å². The average Bonchev–Trinajstić information content (AvgIpc) is 2.84. The Kier molecular flexibility index (Phi) is 8.10. The number of amides is 2. The number of nitriles is 2. The van der Waals surface area contributed by atoms with Crippen LogP contribution in [0, 0.1) is 22.7 Å². The summed E-state index contributed by atoms with van der Waals surface area (Å²) in [5.74, 6) is -1.29. The van der Waals surface area contributed by atoms with Gasteiger partial charge < -0.3 is 10.6 Å². The van der Waals surface area contributed by atoms with Crippen LogP contribution in [0.3, 0.4) is 0 Å². The zero-order valence-corrected chi connectivity index (χ0v) is 21.3. The summed E-state index contributed by atoms with van der Waals surface area (Å²) < 4.78 is 0. The summed E-state index contributed by atoms with van der Waals surface area (Å²) in [4.78, 5) is 24.9. The van der Waals surface area contributed by atoms with Crippen molar-refractivity contribution >= 4 is 58.5 Å². The lowest BCUT2D eigenvalue weighted by Gasteiger charge is -2.27. The Bertz CT molecular complexity index is 1240. The summed E-state index contributed by atoms with van der Waals surface area (Å²) in [6.45, 7) is 0. The third-order valence-corrected chi connectivity index (χ3v) is 8.53. The molecule has 0 unspecified atom stereocenters. The SMILES string of the molecule is N#CC1=C(SCSC2=C(C#N)[C@@H](c3ccccc3Cl)CC(=O)N2)NC(=O)C[C@H]1c1ccccc1Cl. The summed E-state index contributed by atoms with van der Waals surface area (Å²) in [5, 5.41) is 27.6. The number of benzene rings is 2. The lowest BCUT2D eigenvalue weighted by Crippen LogP contribution is -2.31. The molecule has 0 bridgehead atoms. The predicted molar refractivity (Wildman–Crippen MR) is 139 cm³/mol. The van der Waals surface area contributed by atoms with Crippen molar-refractivity contribution in [2.24, 2.45) is 0 Å². The number of hydrogen-bond donors (Lipinski definition) is 2. The van der Waals surface area contributed by atoms with Gasteiger partial charge in [0.2, 0.25) is 11.8 Å². The summed E-state index contributed by atoms with van der Waals surface area (Å²) in [5.41, 5.74) is 2.31. The van der Waals surface area contributed by atoms with E-state index in [4.69, 9.17) is 23.2 Å². The normalized spacial score (nSPS) is 20.1. The van der Waals surface area contributed by atoms with Gasteiger partial charge in [0.15, 0.2) is 0 Å². The maximum Gasteiger partial charge on any atom is 0.225 e. The highest BCUT2D eigenvalue weighted by molar-refractivity contribution is 8.19. The molecular weight excluding hydrogens is 523 g/mol. The number of carbonyl (C=O) groups excluding carboxylic acids is 2. The van der Waals surface area contributed by atoms with Crippen LogP contribution in [0.25, 0.3) is 0 Å². The first-order valence-electron chi connectivity index (χ1n) is 10.6. The minimum Gasteiger partial charge on any atom is -0.320 e. The van der Waals surface area contributed by atoms with Gasteiger partial charge in [-0.15, -0.1) is 0 Å². The van der Waals surface area contributed by atoms with Gasteiger partial charge in [-0.2, -0.15) is 10.5 Å². The third kappa shape index (κ3) is 5.52. The number of carbonyl (C=O) groups is 2. The Morgan fingerprint density at radius 1 is 0.771 bits per heavy atom. The van der Waals surface area contributed by atoms with E-state index in [0.717, 1.165) is 11.1 Å². The van der Waals surface area contributed by atoms with Crippen LogP contribution >= 0.6 is 46.7 Å². The van der Waals surface area contributed by atoms with Crippen LogP contribution in [0.15, 0.2) is 69.7 Å². The molecule has 2 aromatic rings. The van der Waals surface area contributed by atoms with Crippen LogP contribution in [0.2, 0.25) is 10.0 Å². The molecule has 2 amide bonds. The van der Waals surface area contributed by atoms with E-state index in [9.17, 15) is 20.1 Å². The van der Waals surface area contributed by atoms with Gasteiger partial charge in [-0.3, -0.25) is 9.59 Å². The zero-order valence-electron chi connectivity index (χ0n) is 18.2. The minimum absolute atomic E-state index is 0.128. The van der Waals surface area contributed by atoms with E-state index in [1.807, 2.05) is 24.3 Å². The molecule has 0 saturated heterocycles. The molecule has 2 atom stereocenters. The second-order valence-electron chi connectivity index (χ2n) is 7.77. The number of allylic oxidation sites excluding steroid dienone is 2. The number of thioether (sulfide) groups is 2. The molecule has 10 heteroatoms. The van der Waals surface area contributed by atoms with Gasteiger partial charge in [0.25, 0.3) is 0 Å². The number of hydrogen-bond acceptors (Lipinski definition) is 6. The van der Waals surface area contributed by atoms with E-state index >= 15 is 0 Å². The Balaban J connectivity index is 1.58. The van der Waals surface area contributed by atoms with Crippen molar-refractivity contribution in [1.29, 1.82) is 10.5 Å². The van der Waals surface area contributed by atoms with Crippen molar-refractivity contribution in [1.82, 2.24) is 10.6 Å². The Hall–Kier alpha value is -2.88. The molecule has 2 aliphatic heterocycles.